The number of nitrogens with zero attached hydrogens (tertiary/aromatic N) is 1. The fraction of sp³-hybridized carbons (Fsp3) is 0.800. The monoisotopic (exact) mass is 264 g/mol. The van der Waals surface area contributed by atoms with Crippen molar-refractivity contribution in [2.75, 3.05) is 0 Å². The standard InChI is InChI=1S/C15H24N2S/c1-11(2)13-5-3-4-8-15(13,17-12-6-7-12)14-16-9-10-18-14/h9-13,17H,3-8H2,1-2H3. The van der Waals surface area contributed by atoms with E-state index >= 15 is 0 Å². The lowest BCUT2D eigenvalue weighted by atomic mass is 9.68. The molecule has 100 valence electrons. The van der Waals surface area contributed by atoms with Crippen molar-refractivity contribution in [1.29, 1.82) is 0 Å². The molecule has 0 amide bonds. The Balaban J connectivity index is 1.95. The van der Waals surface area contributed by atoms with Crippen LogP contribution in [0.1, 0.15) is 57.4 Å². The van der Waals surface area contributed by atoms with E-state index in [4.69, 9.17) is 0 Å². The van der Waals surface area contributed by atoms with Gasteiger partial charge in [-0.15, -0.1) is 11.3 Å². The summed E-state index contributed by atoms with van der Waals surface area (Å²) in [6, 6.07) is 0.758. The molecule has 1 heterocycles. The Morgan fingerprint density at radius 2 is 2.17 bits per heavy atom. The summed E-state index contributed by atoms with van der Waals surface area (Å²) in [7, 11) is 0. The summed E-state index contributed by atoms with van der Waals surface area (Å²) >= 11 is 1.85. The molecular formula is C15H24N2S. The predicted molar refractivity (Wildman–Crippen MR) is 76.7 cm³/mol. The fourth-order valence-electron chi connectivity index (χ4n) is 3.64. The Labute approximate surface area is 114 Å². The maximum absolute atomic E-state index is 4.68. The first-order valence-electron chi connectivity index (χ1n) is 7.40. The second-order valence-corrected chi connectivity index (χ2v) is 7.22. The Hall–Kier alpha value is -0.410. The molecule has 0 spiro atoms. The molecule has 2 aliphatic carbocycles. The molecule has 0 aliphatic heterocycles. The van der Waals surface area contributed by atoms with Gasteiger partial charge in [-0.05, 0) is 37.5 Å². The number of nitrogens with one attached hydrogen (secondary N) is 1. The highest BCUT2D eigenvalue weighted by Gasteiger charge is 2.47. The van der Waals surface area contributed by atoms with E-state index in [1.54, 1.807) is 0 Å². The van der Waals surface area contributed by atoms with Crippen molar-refractivity contribution < 1.29 is 0 Å². The minimum Gasteiger partial charge on any atom is -0.302 e. The van der Waals surface area contributed by atoms with Crippen LogP contribution in [0, 0.1) is 11.8 Å². The summed E-state index contributed by atoms with van der Waals surface area (Å²) in [5.41, 5.74) is 0.182. The van der Waals surface area contributed by atoms with E-state index in [0.29, 0.717) is 0 Å². The first kappa shape index (κ1) is 12.6. The zero-order valence-corrected chi connectivity index (χ0v) is 12.3. The topological polar surface area (TPSA) is 24.9 Å². The van der Waals surface area contributed by atoms with Crippen LogP contribution in [0.2, 0.25) is 0 Å². The van der Waals surface area contributed by atoms with Crippen molar-refractivity contribution >= 4 is 11.3 Å². The van der Waals surface area contributed by atoms with E-state index in [2.05, 4.69) is 29.5 Å². The van der Waals surface area contributed by atoms with Gasteiger partial charge in [-0.25, -0.2) is 4.98 Å². The molecule has 0 radical (unpaired) electrons. The maximum atomic E-state index is 4.68. The lowest BCUT2D eigenvalue weighted by Crippen LogP contribution is -2.52. The van der Waals surface area contributed by atoms with Crippen molar-refractivity contribution in [1.82, 2.24) is 10.3 Å². The molecule has 0 bridgehead atoms. The molecule has 2 nitrogen and oxygen atoms in total. The van der Waals surface area contributed by atoms with Crippen LogP contribution in [-0.2, 0) is 5.54 Å². The SMILES string of the molecule is CC(C)C1CCCCC1(NC1CC1)c1nccs1. The number of hydrogen-bond donors (Lipinski definition) is 1. The van der Waals surface area contributed by atoms with E-state index in [9.17, 15) is 0 Å². The molecule has 1 aromatic rings. The minimum atomic E-state index is 0.182. The second kappa shape index (κ2) is 4.93. The molecule has 2 unspecified atom stereocenters. The average Bonchev–Trinajstić information content (AvgIpc) is 2.99. The van der Waals surface area contributed by atoms with Gasteiger partial charge in [0.05, 0.1) is 5.54 Å². The summed E-state index contributed by atoms with van der Waals surface area (Å²) in [6.45, 7) is 4.76. The zero-order chi connectivity index (χ0) is 12.6. The summed E-state index contributed by atoms with van der Waals surface area (Å²) in [5.74, 6) is 1.48. The third kappa shape index (κ3) is 2.23. The van der Waals surface area contributed by atoms with Crippen LogP contribution in [-0.4, -0.2) is 11.0 Å². The van der Waals surface area contributed by atoms with Crippen LogP contribution in [0.4, 0.5) is 0 Å². The van der Waals surface area contributed by atoms with Gasteiger partial charge in [0.1, 0.15) is 5.01 Å². The Bertz CT molecular complexity index is 383. The van der Waals surface area contributed by atoms with Crippen LogP contribution in [0.25, 0.3) is 0 Å². The van der Waals surface area contributed by atoms with Gasteiger partial charge in [-0.3, -0.25) is 0 Å². The van der Waals surface area contributed by atoms with Crippen LogP contribution in [0.3, 0.4) is 0 Å². The van der Waals surface area contributed by atoms with Crippen molar-refractivity contribution in [3.05, 3.63) is 16.6 Å². The van der Waals surface area contributed by atoms with Gasteiger partial charge in [0.15, 0.2) is 0 Å². The third-order valence-electron chi connectivity index (χ3n) is 4.63. The van der Waals surface area contributed by atoms with Gasteiger partial charge in [-0.1, -0.05) is 26.7 Å². The number of hydrogen-bond acceptors (Lipinski definition) is 3. The molecule has 2 aliphatic rings. The molecule has 0 saturated heterocycles. The predicted octanol–water partition coefficient (Wildman–Crippen LogP) is 3.94. The van der Waals surface area contributed by atoms with Crippen molar-refractivity contribution in [2.24, 2.45) is 11.8 Å². The smallest absolute Gasteiger partial charge is 0.113 e. The molecule has 0 aromatic carbocycles. The molecule has 1 aromatic heterocycles. The highest BCUT2D eigenvalue weighted by atomic mass is 32.1. The van der Waals surface area contributed by atoms with Gasteiger partial charge >= 0.3 is 0 Å². The Morgan fingerprint density at radius 3 is 2.78 bits per heavy atom. The van der Waals surface area contributed by atoms with Gasteiger partial charge in [0.2, 0.25) is 0 Å². The normalized spacial score (nSPS) is 32.9. The highest BCUT2D eigenvalue weighted by molar-refractivity contribution is 7.09. The molecule has 18 heavy (non-hydrogen) atoms. The number of rotatable bonds is 4. The molecule has 2 fully saturated rings. The zero-order valence-electron chi connectivity index (χ0n) is 11.5. The largest absolute Gasteiger partial charge is 0.302 e. The van der Waals surface area contributed by atoms with E-state index in [1.807, 2.05) is 17.5 Å². The molecule has 1 N–H and O–H groups in total. The van der Waals surface area contributed by atoms with Crippen LogP contribution >= 0.6 is 11.3 Å². The van der Waals surface area contributed by atoms with Crippen molar-refractivity contribution in [3.63, 3.8) is 0 Å². The molecule has 2 saturated carbocycles. The van der Waals surface area contributed by atoms with Gasteiger partial charge in [0.25, 0.3) is 0 Å². The molecule has 3 heteroatoms. The summed E-state index contributed by atoms with van der Waals surface area (Å²) < 4.78 is 0. The third-order valence-corrected chi connectivity index (χ3v) is 5.58. The van der Waals surface area contributed by atoms with Crippen LogP contribution in [0.5, 0.6) is 0 Å². The Kier molecular flexibility index (Phi) is 3.46. The quantitative estimate of drug-likeness (QED) is 0.891. The van der Waals surface area contributed by atoms with Crippen molar-refractivity contribution in [2.45, 2.75) is 64.0 Å². The first-order chi connectivity index (χ1) is 8.72. The van der Waals surface area contributed by atoms with Crippen LogP contribution in [0.15, 0.2) is 11.6 Å². The van der Waals surface area contributed by atoms with E-state index in [-0.39, 0.29) is 5.54 Å². The fourth-order valence-corrected chi connectivity index (χ4v) is 4.54. The van der Waals surface area contributed by atoms with Gasteiger partial charge < -0.3 is 5.32 Å². The number of thiazole rings is 1. The summed E-state index contributed by atoms with van der Waals surface area (Å²) in [4.78, 5) is 4.68. The average molecular weight is 264 g/mol. The molecule has 2 atom stereocenters. The van der Waals surface area contributed by atoms with Gasteiger partial charge in [0, 0.05) is 17.6 Å². The van der Waals surface area contributed by atoms with E-state index < -0.39 is 0 Å². The van der Waals surface area contributed by atoms with Gasteiger partial charge in [-0.2, -0.15) is 0 Å². The highest BCUT2D eigenvalue weighted by Crippen LogP contribution is 2.47. The number of aromatic nitrogens is 1. The lowest BCUT2D eigenvalue weighted by molar-refractivity contribution is 0.0977. The minimum absolute atomic E-state index is 0.182. The maximum Gasteiger partial charge on any atom is 0.113 e. The van der Waals surface area contributed by atoms with E-state index in [0.717, 1.165) is 17.9 Å². The lowest BCUT2D eigenvalue weighted by Gasteiger charge is -2.46. The molecular weight excluding hydrogens is 240 g/mol. The van der Waals surface area contributed by atoms with Crippen molar-refractivity contribution in [3.8, 4) is 0 Å². The first-order valence-corrected chi connectivity index (χ1v) is 8.28. The second-order valence-electron chi connectivity index (χ2n) is 6.32. The van der Waals surface area contributed by atoms with Crippen LogP contribution < -0.4 is 5.32 Å². The summed E-state index contributed by atoms with van der Waals surface area (Å²) in [5, 5.41) is 7.47. The molecule has 3 rings (SSSR count). The Morgan fingerprint density at radius 1 is 1.33 bits per heavy atom. The van der Waals surface area contributed by atoms with E-state index in [1.165, 1.54) is 43.5 Å². The summed E-state index contributed by atoms with van der Waals surface area (Å²) in [6.07, 6.45) is 10.1.